The van der Waals surface area contributed by atoms with E-state index in [0.29, 0.717) is 29.7 Å². The van der Waals surface area contributed by atoms with Crippen molar-refractivity contribution in [3.63, 3.8) is 0 Å². The molecule has 100 valence electrons. The number of isocyanates is 1. The topological polar surface area (TPSA) is 47.9 Å². The number of hydrogen-bond acceptors (Lipinski definition) is 4. The fourth-order valence-corrected chi connectivity index (χ4v) is 3.16. The van der Waals surface area contributed by atoms with Gasteiger partial charge in [0.15, 0.2) is 11.5 Å². The van der Waals surface area contributed by atoms with Crippen LogP contribution in [0, 0.1) is 0 Å². The van der Waals surface area contributed by atoms with Crippen molar-refractivity contribution in [2.45, 2.75) is 31.2 Å². The van der Waals surface area contributed by atoms with Crippen LogP contribution in [0.3, 0.4) is 0 Å². The van der Waals surface area contributed by atoms with E-state index in [-0.39, 0.29) is 0 Å². The highest BCUT2D eigenvalue weighted by Gasteiger charge is 2.40. The second-order valence-electron chi connectivity index (χ2n) is 4.89. The maximum absolute atomic E-state index is 10.8. The Morgan fingerprint density at radius 3 is 2.53 bits per heavy atom. The van der Waals surface area contributed by atoms with Gasteiger partial charge in [-0.1, -0.05) is 30.5 Å². The summed E-state index contributed by atoms with van der Waals surface area (Å²) in [6.45, 7) is 0.974. The summed E-state index contributed by atoms with van der Waals surface area (Å²) in [5.74, 6) is 1.21. The van der Waals surface area contributed by atoms with Crippen LogP contribution < -0.4 is 9.47 Å². The molecule has 2 aliphatic rings. The fraction of sp³-hybridized carbons (Fsp3) is 0.500. The standard InChI is InChI=1S/C14H14ClNO3/c15-11-4-3-10(12-13(11)19-8-7-18-12)14(16-9-17)5-1-2-6-14/h3-4H,1-2,5-8H2. The van der Waals surface area contributed by atoms with Gasteiger partial charge in [0.1, 0.15) is 18.8 Å². The highest BCUT2D eigenvalue weighted by Crippen LogP contribution is 2.50. The van der Waals surface area contributed by atoms with E-state index in [1.807, 2.05) is 6.07 Å². The molecule has 0 saturated heterocycles. The van der Waals surface area contributed by atoms with E-state index in [2.05, 4.69) is 4.99 Å². The summed E-state index contributed by atoms with van der Waals surface area (Å²) in [6.07, 6.45) is 5.47. The SMILES string of the molecule is O=C=NC1(c2ccc(Cl)c3c2OCCO3)CCCC1. The van der Waals surface area contributed by atoms with Gasteiger partial charge < -0.3 is 9.47 Å². The van der Waals surface area contributed by atoms with Crippen molar-refractivity contribution in [3.8, 4) is 11.5 Å². The normalized spacial score (nSPS) is 19.8. The lowest BCUT2D eigenvalue weighted by Crippen LogP contribution is -2.24. The van der Waals surface area contributed by atoms with Gasteiger partial charge in [-0.05, 0) is 18.9 Å². The maximum Gasteiger partial charge on any atom is 0.235 e. The molecule has 0 N–H and O–H groups in total. The third kappa shape index (κ3) is 2.01. The van der Waals surface area contributed by atoms with E-state index in [9.17, 15) is 4.79 Å². The van der Waals surface area contributed by atoms with Gasteiger partial charge in [0.25, 0.3) is 0 Å². The van der Waals surface area contributed by atoms with Gasteiger partial charge >= 0.3 is 0 Å². The summed E-state index contributed by atoms with van der Waals surface area (Å²) < 4.78 is 11.3. The zero-order valence-corrected chi connectivity index (χ0v) is 11.2. The molecule has 0 amide bonds. The molecule has 1 fully saturated rings. The number of halogens is 1. The average molecular weight is 280 g/mol. The van der Waals surface area contributed by atoms with Crippen molar-refractivity contribution < 1.29 is 14.3 Å². The summed E-state index contributed by atoms with van der Waals surface area (Å²) in [4.78, 5) is 14.9. The molecule has 0 radical (unpaired) electrons. The molecule has 5 heteroatoms. The molecule has 1 heterocycles. The number of nitrogens with zero attached hydrogens (tertiary/aromatic N) is 1. The summed E-state index contributed by atoms with van der Waals surface area (Å²) in [6, 6.07) is 3.67. The number of ether oxygens (including phenoxy) is 2. The van der Waals surface area contributed by atoms with Crippen molar-refractivity contribution in [2.24, 2.45) is 4.99 Å². The van der Waals surface area contributed by atoms with Gasteiger partial charge in [-0.3, -0.25) is 0 Å². The van der Waals surface area contributed by atoms with Crippen LogP contribution in [0.2, 0.25) is 5.02 Å². The molecule has 1 aliphatic heterocycles. The summed E-state index contributed by atoms with van der Waals surface area (Å²) >= 11 is 6.13. The van der Waals surface area contributed by atoms with E-state index in [1.54, 1.807) is 12.1 Å². The minimum absolute atomic E-state index is 0.486. The first-order valence-corrected chi connectivity index (χ1v) is 6.82. The molecule has 19 heavy (non-hydrogen) atoms. The minimum Gasteiger partial charge on any atom is -0.486 e. The molecule has 0 unspecified atom stereocenters. The highest BCUT2D eigenvalue weighted by molar-refractivity contribution is 6.32. The van der Waals surface area contributed by atoms with Crippen LogP contribution in [0.1, 0.15) is 31.2 Å². The number of hydrogen-bond donors (Lipinski definition) is 0. The van der Waals surface area contributed by atoms with Crippen molar-refractivity contribution in [1.29, 1.82) is 0 Å². The molecular weight excluding hydrogens is 266 g/mol. The third-order valence-electron chi connectivity index (χ3n) is 3.83. The largest absolute Gasteiger partial charge is 0.486 e. The molecule has 0 atom stereocenters. The monoisotopic (exact) mass is 279 g/mol. The van der Waals surface area contributed by atoms with E-state index < -0.39 is 5.54 Å². The van der Waals surface area contributed by atoms with E-state index in [4.69, 9.17) is 21.1 Å². The molecular formula is C14H14ClNO3. The maximum atomic E-state index is 10.8. The zero-order valence-electron chi connectivity index (χ0n) is 10.4. The second-order valence-corrected chi connectivity index (χ2v) is 5.30. The number of benzene rings is 1. The second kappa shape index (κ2) is 4.87. The zero-order chi connectivity index (χ0) is 13.3. The lowest BCUT2D eigenvalue weighted by Gasteiger charge is -2.29. The Morgan fingerprint density at radius 2 is 1.84 bits per heavy atom. The van der Waals surface area contributed by atoms with Gasteiger partial charge in [0.2, 0.25) is 6.08 Å². The first kappa shape index (κ1) is 12.5. The summed E-state index contributed by atoms with van der Waals surface area (Å²) in [5, 5.41) is 0.529. The van der Waals surface area contributed by atoms with Gasteiger partial charge in [0, 0.05) is 5.56 Å². The quantitative estimate of drug-likeness (QED) is 0.617. The summed E-state index contributed by atoms with van der Waals surface area (Å²) in [7, 11) is 0. The first-order chi connectivity index (χ1) is 9.27. The van der Waals surface area contributed by atoms with Gasteiger partial charge in [-0.15, -0.1) is 0 Å². The van der Waals surface area contributed by atoms with E-state index >= 15 is 0 Å². The minimum atomic E-state index is -0.517. The Bertz CT molecular complexity index is 546. The predicted octanol–water partition coefficient (Wildman–Crippen LogP) is 3.22. The van der Waals surface area contributed by atoms with Crippen LogP contribution >= 0.6 is 11.6 Å². The van der Waals surface area contributed by atoms with Crippen molar-refractivity contribution in [3.05, 3.63) is 22.7 Å². The molecule has 1 aromatic carbocycles. The number of aliphatic imine (C=N–C) groups is 1. The van der Waals surface area contributed by atoms with Crippen LogP contribution in [0.15, 0.2) is 17.1 Å². The molecule has 3 rings (SSSR count). The average Bonchev–Trinajstić information content (AvgIpc) is 2.89. The van der Waals surface area contributed by atoms with Crippen molar-refractivity contribution >= 4 is 17.7 Å². The lowest BCUT2D eigenvalue weighted by atomic mass is 9.88. The van der Waals surface area contributed by atoms with Crippen LogP contribution in [-0.4, -0.2) is 19.3 Å². The number of carbonyl (C=O) groups excluding carboxylic acids is 1. The van der Waals surface area contributed by atoms with Crippen molar-refractivity contribution in [2.75, 3.05) is 13.2 Å². The number of fused-ring (bicyclic) bond motifs is 1. The smallest absolute Gasteiger partial charge is 0.235 e. The van der Waals surface area contributed by atoms with Gasteiger partial charge in [-0.2, -0.15) is 4.99 Å². The van der Waals surface area contributed by atoms with Crippen LogP contribution in [0.5, 0.6) is 11.5 Å². The Kier molecular flexibility index (Phi) is 3.21. The summed E-state index contributed by atoms with van der Waals surface area (Å²) in [5.41, 5.74) is 0.379. The van der Waals surface area contributed by atoms with E-state index in [0.717, 1.165) is 31.2 Å². The molecule has 0 aromatic heterocycles. The molecule has 0 spiro atoms. The van der Waals surface area contributed by atoms with Crippen LogP contribution in [0.25, 0.3) is 0 Å². The number of rotatable bonds is 2. The lowest BCUT2D eigenvalue weighted by molar-refractivity contribution is 0.167. The first-order valence-electron chi connectivity index (χ1n) is 6.44. The van der Waals surface area contributed by atoms with E-state index in [1.165, 1.54) is 0 Å². The Labute approximate surface area is 116 Å². The molecule has 1 aliphatic carbocycles. The van der Waals surface area contributed by atoms with Crippen LogP contribution in [0.4, 0.5) is 0 Å². The van der Waals surface area contributed by atoms with Gasteiger partial charge in [0.05, 0.1) is 5.02 Å². The molecule has 4 nitrogen and oxygen atoms in total. The Morgan fingerprint density at radius 1 is 1.16 bits per heavy atom. The third-order valence-corrected chi connectivity index (χ3v) is 4.13. The molecule has 1 saturated carbocycles. The predicted molar refractivity (Wildman–Crippen MR) is 70.7 cm³/mol. The fourth-order valence-electron chi connectivity index (χ4n) is 2.96. The van der Waals surface area contributed by atoms with Gasteiger partial charge in [-0.25, -0.2) is 4.79 Å². The van der Waals surface area contributed by atoms with Crippen LogP contribution in [-0.2, 0) is 10.3 Å². The van der Waals surface area contributed by atoms with Crippen molar-refractivity contribution in [1.82, 2.24) is 0 Å². The Hall–Kier alpha value is -1.51. The molecule has 1 aromatic rings. The highest BCUT2D eigenvalue weighted by atomic mass is 35.5. The molecule has 0 bridgehead atoms. The Balaban J connectivity index is 2.16.